The molecule has 2 aliphatic rings. The number of Topliss-reactive ketones (excluding diaryl/α,β-unsaturated/α-hetero) is 2. The minimum Gasteiger partial charge on any atom is -0.403 e. The molecule has 2 fully saturated rings. The van der Waals surface area contributed by atoms with Gasteiger partial charge in [-0.2, -0.15) is 5.26 Å². The van der Waals surface area contributed by atoms with Gasteiger partial charge < -0.3 is 46.4 Å². The largest absolute Gasteiger partial charge is 0.573 e. The first kappa shape index (κ1) is 54.7. The fraction of sp³-hybridized carbons (Fsp3) is 0.522. The lowest BCUT2D eigenvalue weighted by molar-refractivity contribution is -0.275. The van der Waals surface area contributed by atoms with Gasteiger partial charge in [0.15, 0.2) is 34.7 Å². The summed E-state index contributed by atoms with van der Waals surface area (Å²) in [5, 5.41) is 20.0. The SMILES string of the molecule is CC(C)C[C@H](CC(=O)c1nc2c(OC(F)(F)F)cccc2[nH]1)C(=O)N[C@@H](C[C@@H]1CCNC1=O)C(N)=O.CC(C)C[C@H](CC(=O)c1nc2c(OC(F)(F)F)cccc2[nH]1)C(=O)N[C@H](C#N)C[C@@H]1CCNC1=O. The number of nitriles is 1. The molecule has 2 aliphatic heterocycles. The number of hydrogen-bond donors (Lipinski definition) is 7. The first-order chi connectivity index (χ1) is 33.3. The first-order valence-corrected chi connectivity index (χ1v) is 22.7. The Morgan fingerprint density at radius 2 is 1.14 bits per heavy atom. The molecular formula is C46H54F6N10O9. The second kappa shape index (κ2) is 23.6. The van der Waals surface area contributed by atoms with Crippen molar-refractivity contribution in [2.45, 2.75) is 104 Å². The molecule has 0 saturated carbocycles. The number of para-hydroxylation sites is 2. The Labute approximate surface area is 402 Å². The van der Waals surface area contributed by atoms with Gasteiger partial charge in [-0.3, -0.25) is 33.6 Å². The third kappa shape index (κ3) is 15.9. The fourth-order valence-electron chi connectivity index (χ4n) is 8.31. The second-order valence-electron chi connectivity index (χ2n) is 18.2. The average Bonchev–Trinajstić information content (AvgIpc) is 4.09. The van der Waals surface area contributed by atoms with E-state index in [9.17, 15) is 65.2 Å². The van der Waals surface area contributed by atoms with Crippen LogP contribution in [0.15, 0.2) is 36.4 Å². The number of aromatic amines is 2. The van der Waals surface area contributed by atoms with Crippen molar-refractivity contribution in [2.75, 3.05) is 13.1 Å². The van der Waals surface area contributed by atoms with Gasteiger partial charge in [-0.1, -0.05) is 39.8 Å². The predicted molar refractivity (Wildman–Crippen MR) is 239 cm³/mol. The fourth-order valence-corrected chi connectivity index (χ4v) is 8.31. The second-order valence-corrected chi connectivity index (χ2v) is 18.2. The molecule has 6 rings (SSSR count). The van der Waals surface area contributed by atoms with Gasteiger partial charge in [0, 0.05) is 49.6 Å². The van der Waals surface area contributed by atoms with Gasteiger partial charge >= 0.3 is 12.7 Å². The topological polar surface area (TPSA) is 293 Å². The Morgan fingerprint density at radius 3 is 1.51 bits per heavy atom. The van der Waals surface area contributed by atoms with Crippen molar-refractivity contribution in [1.82, 2.24) is 41.2 Å². The summed E-state index contributed by atoms with van der Waals surface area (Å²) in [6.45, 7) is 8.44. The molecule has 0 radical (unpaired) electrons. The number of carbonyl (C=O) groups is 7. The lowest BCUT2D eigenvalue weighted by atomic mass is 9.90. The Bertz CT molecular complexity index is 2640. The summed E-state index contributed by atoms with van der Waals surface area (Å²) in [6.07, 6.45) is -8.51. The maximum absolute atomic E-state index is 13.1. The summed E-state index contributed by atoms with van der Waals surface area (Å²) in [5.41, 5.74) is 5.46. The quantitative estimate of drug-likeness (QED) is 0.0407. The van der Waals surface area contributed by atoms with Crippen LogP contribution in [-0.4, -0.2) is 98.9 Å². The van der Waals surface area contributed by atoms with Crippen LogP contribution in [0, 0.1) is 46.8 Å². The van der Waals surface area contributed by atoms with Crippen molar-refractivity contribution in [3.63, 3.8) is 0 Å². The van der Waals surface area contributed by atoms with E-state index in [1.807, 2.05) is 33.8 Å². The molecule has 0 unspecified atom stereocenters. The van der Waals surface area contributed by atoms with E-state index in [2.05, 4.69) is 50.7 Å². The van der Waals surface area contributed by atoms with Gasteiger partial charge in [-0.25, -0.2) is 9.97 Å². The lowest BCUT2D eigenvalue weighted by Gasteiger charge is -2.23. The molecule has 4 heterocycles. The zero-order valence-corrected chi connectivity index (χ0v) is 39.0. The number of amides is 5. The van der Waals surface area contributed by atoms with Crippen molar-refractivity contribution >= 4 is 63.2 Å². The number of rotatable bonds is 21. The minimum atomic E-state index is -4.94. The summed E-state index contributed by atoms with van der Waals surface area (Å²) in [5.74, 6) is -7.41. The third-order valence-electron chi connectivity index (χ3n) is 11.5. The number of nitrogens with zero attached hydrogens (tertiary/aromatic N) is 3. The van der Waals surface area contributed by atoms with Crippen molar-refractivity contribution < 1.29 is 69.4 Å². The van der Waals surface area contributed by atoms with Gasteiger partial charge in [0.1, 0.15) is 23.1 Å². The van der Waals surface area contributed by atoms with E-state index in [1.54, 1.807) is 0 Å². The number of imidazole rings is 2. The molecule has 25 heteroatoms. The Kier molecular flexibility index (Phi) is 18.1. The van der Waals surface area contributed by atoms with Crippen LogP contribution in [-0.2, 0) is 24.0 Å². The number of alkyl halides is 6. The van der Waals surface area contributed by atoms with E-state index in [-0.39, 0.29) is 95.4 Å². The van der Waals surface area contributed by atoms with Crippen molar-refractivity contribution in [3.05, 3.63) is 48.0 Å². The van der Waals surface area contributed by atoms with Crippen molar-refractivity contribution in [1.29, 1.82) is 5.26 Å². The lowest BCUT2D eigenvalue weighted by Crippen LogP contribution is -2.48. The molecule has 2 aromatic heterocycles. The van der Waals surface area contributed by atoms with Crippen LogP contribution in [0.4, 0.5) is 26.3 Å². The van der Waals surface area contributed by atoms with Crippen LogP contribution in [0.1, 0.15) is 100 Å². The number of carbonyl (C=O) groups excluding carboxylic acids is 7. The molecule has 384 valence electrons. The summed E-state index contributed by atoms with van der Waals surface area (Å²) < 4.78 is 84.1. The zero-order valence-electron chi connectivity index (χ0n) is 39.0. The summed E-state index contributed by atoms with van der Waals surface area (Å²) in [7, 11) is 0. The Morgan fingerprint density at radius 1 is 0.718 bits per heavy atom. The number of ether oxygens (including phenoxy) is 2. The smallest absolute Gasteiger partial charge is 0.403 e. The molecular weight excluding hydrogens is 951 g/mol. The van der Waals surface area contributed by atoms with Crippen LogP contribution in [0.5, 0.6) is 11.5 Å². The zero-order chi connectivity index (χ0) is 52.4. The summed E-state index contributed by atoms with van der Waals surface area (Å²) in [4.78, 5) is 101. The molecule has 0 aliphatic carbocycles. The highest BCUT2D eigenvalue weighted by Crippen LogP contribution is 2.32. The highest BCUT2D eigenvalue weighted by atomic mass is 19.4. The van der Waals surface area contributed by atoms with Crippen LogP contribution < -0.4 is 36.5 Å². The molecule has 0 spiro atoms. The molecule has 5 amide bonds. The third-order valence-corrected chi connectivity index (χ3v) is 11.5. The number of benzene rings is 2. The molecule has 8 N–H and O–H groups in total. The minimum absolute atomic E-state index is 0.00338. The Hall–Kier alpha value is -7.26. The number of halogens is 6. The highest BCUT2D eigenvalue weighted by molar-refractivity contribution is 6.00. The maximum atomic E-state index is 13.1. The number of nitrogens with one attached hydrogen (secondary N) is 6. The predicted octanol–water partition coefficient (Wildman–Crippen LogP) is 5.42. The molecule has 4 aromatic rings. The Balaban J connectivity index is 0.000000264. The van der Waals surface area contributed by atoms with E-state index in [0.29, 0.717) is 32.4 Å². The monoisotopic (exact) mass is 1000 g/mol. The van der Waals surface area contributed by atoms with Crippen LogP contribution >= 0.6 is 0 Å². The normalized spacial score (nSPS) is 17.6. The number of hydrogen-bond acceptors (Lipinski definition) is 12. The van der Waals surface area contributed by atoms with Crippen molar-refractivity contribution in [2.24, 2.45) is 41.2 Å². The van der Waals surface area contributed by atoms with E-state index in [4.69, 9.17) is 5.73 Å². The first-order valence-electron chi connectivity index (χ1n) is 22.7. The van der Waals surface area contributed by atoms with Gasteiger partial charge in [0.05, 0.1) is 17.1 Å². The average molecular weight is 1000 g/mol. The number of aromatic nitrogens is 4. The van der Waals surface area contributed by atoms with E-state index < -0.39 is 83.3 Å². The van der Waals surface area contributed by atoms with Crippen molar-refractivity contribution in [3.8, 4) is 17.6 Å². The van der Waals surface area contributed by atoms with Crippen LogP contribution in [0.25, 0.3) is 22.1 Å². The van der Waals surface area contributed by atoms with E-state index in [1.165, 1.54) is 24.3 Å². The van der Waals surface area contributed by atoms with Gasteiger partial charge in [-0.15, -0.1) is 26.3 Å². The molecule has 71 heavy (non-hydrogen) atoms. The summed E-state index contributed by atoms with van der Waals surface area (Å²) in [6, 6.07) is 7.72. The van der Waals surface area contributed by atoms with Gasteiger partial charge in [0.25, 0.3) is 0 Å². The van der Waals surface area contributed by atoms with Gasteiger partial charge in [0.2, 0.25) is 29.5 Å². The standard InChI is InChI=1S/C23H28F3N5O5.C23H26F3N5O4/c1-11(2)8-13(22(35)30-15(19(27)33)9-12-6-7-28-21(12)34)10-16(32)20-29-14-4-3-5-17(18(14)31-20)36-23(24,25)26;1-12(2)8-14(22(34)29-15(11-27)9-13-6-7-28-21(13)33)10-17(32)20-30-16-4-3-5-18(19(16)31-20)35-23(24,25)26/h3-5,11-13,15H,6-10H2,1-2H3,(H2,27,33)(H,28,34)(H,29,31)(H,30,35);3-5,12-15H,6-10H2,1-2H3,(H,28,33)(H,29,34)(H,30,31)/t12-,13+,15-;13-,14+,15-/m00/s1. The molecule has 19 nitrogen and oxygen atoms in total. The van der Waals surface area contributed by atoms with E-state index >= 15 is 0 Å². The number of ketones is 2. The number of primary amides is 1. The van der Waals surface area contributed by atoms with Gasteiger partial charge in [-0.05, 0) is 74.6 Å². The van der Waals surface area contributed by atoms with Crippen LogP contribution in [0.3, 0.4) is 0 Å². The number of nitrogens with two attached hydrogens (primary N) is 1. The molecule has 2 saturated heterocycles. The highest BCUT2D eigenvalue weighted by Gasteiger charge is 2.36. The number of H-pyrrole nitrogens is 2. The maximum Gasteiger partial charge on any atom is 0.573 e. The molecule has 0 bridgehead atoms. The molecule has 6 atom stereocenters. The van der Waals surface area contributed by atoms with E-state index in [0.717, 1.165) is 12.1 Å². The number of fused-ring (bicyclic) bond motifs is 2. The van der Waals surface area contributed by atoms with Crippen LogP contribution in [0.2, 0.25) is 0 Å². The summed E-state index contributed by atoms with van der Waals surface area (Å²) >= 11 is 0. The molecule has 2 aromatic carbocycles.